The van der Waals surface area contributed by atoms with Gasteiger partial charge in [0.05, 0.1) is 18.9 Å². The summed E-state index contributed by atoms with van der Waals surface area (Å²) in [5.41, 5.74) is -2.81. The predicted octanol–water partition coefficient (Wildman–Crippen LogP) is 6.22. The fraction of sp³-hybridized carbons (Fsp3) is 0.419. The largest absolute Gasteiger partial charge is 0.504 e. The number of phenols is 1. The normalized spacial score (nSPS) is 30.4. The highest BCUT2D eigenvalue weighted by atomic mass is 79.9. The van der Waals surface area contributed by atoms with Crippen molar-refractivity contribution in [2.45, 2.75) is 54.8 Å². The molecule has 16 heteroatoms. The van der Waals surface area contributed by atoms with Crippen molar-refractivity contribution < 1.29 is 51.0 Å². The summed E-state index contributed by atoms with van der Waals surface area (Å²) in [6.45, 7) is 4.95. The van der Waals surface area contributed by atoms with E-state index in [0.717, 1.165) is 4.90 Å². The van der Waals surface area contributed by atoms with Crippen LogP contribution in [0.15, 0.2) is 28.3 Å². The van der Waals surface area contributed by atoms with Gasteiger partial charge in [0.2, 0.25) is 17.6 Å². The summed E-state index contributed by atoms with van der Waals surface area (Å²) in [5, 5.41) is 11.4. The molecular weight excluding hydrogens is 742 g/mol. The Morgan fingerprint density at radius 2 is 1.49 bits per heavy atom. The van der Waals surface area contributed by atoms with Gasteiger partial charge in [-0.2, -0.15) is 0 Å². The van der Waals surface area contributed by atoms with Gasteiger partial charge in [0.1, 0.15) is 5.69 Å². The number of nitrogens with zero attached hydrogens (tertiary/aromatic N) is 2. The maximum atomic E-state index is 15.2. The van der Waals surface area contributed by atoms with Crippen LogP contribution in [0, 0.1) is 46.8 Å². The lowest BCUT2D eigenvalue weighted by molar-refractivity contribution is -0.145. The van der Waals surface area contributed by atoms with Crippen LogP contribution >= 0.6 is 39.1 Å². The second-order valence-electron chi connectivity index (χ2n) is 12.9. The molecule has 0 radical (unpaired) electrons. The van der Waals surface area contributed by atoms with Crippen LogP contribution in [0.1, 0.15) is 45.1 Å². The van der Waals surface area contributed by atoms with Gasteiger partial charge in [0.15, 0.2) is 44.5 Å². The summed E-state index contributed by atoms with van der Waals surface area (Å²) >= 11 is 17.5. The SMILES string of the molecule is COc1cc(Br)cc(C2C3=CCC4C(=O)N(C(C)(C)C)C(=O)C4C3CC3(Cl)C(=O)N(c4c(F)c(F)c(F)c(F)c4F)C(=O)C23Cl)c1O. The van der Waals surface area contributed by atoms with E-state index in [1.54, 1.807) is 26.8 Å². The maximum Gasteiger partial charge on any atom is 0.258 e. The number of hydrogen-bond donors (Lipinski definition) is 1. The molecule has 2 aromatic rings. The van der Waals surface area contributed by atoms with Crippen LogP contribution in [0.5, 0.6) is 11.5 Å². The minimum Gasteiger partial charge on any atom is -0.504 e. The van der Waals surface area contributed by atoms with E-state index in [9.17, 15) is 37.5 Å². The Morgan fingerprint density at radius 3 is 2.04 bits per heavy atom. The van der Waals surface area contributed by atoms with Gasteiger partial charge >= 0.3 is 0 Å². The van der Waals surface area contributed by atoms with Crippen LogP contribution in [0.2, 0.25) is 0 Å². The number of aromatic hydroxyl groups is 1. The molecule has 2 heterocycles. The third-order valence-electron chi connectivity index (χ3n) is 9.49. The number of allylic oxidation sites excluding steroid dienone is 2. The Balaban J connectivity index is 1.64. The van der Waals surface area contributed by atoms with Gasteiger partial charge in [-0.15, -0.1) is 23.2 Å². The molecule has 0 spiro atoms. The first-order chi connectivity index (χ1) is 21.7. The van der Waals surface area contributed by atoms with E-state index in [4.69, 9.17) is 27.9 Å². The molecular formula is C31H24BrCl2F5N2O6. The van der Waals surface area contributed by atoms with Crippen molar-refractivity contribution in [3.63, 3.8) is 0 Å². The highest BCUT2D eigenvalue weighted by Crippen LogP contribution is 2.67. The Labute approximate surface area is 282 Å². The van der Waals surface area contributed by atoms with Gasteiger partial charge < -0.3 is 9.84 Å². The molecule has 2 aliphatic heterocycles. The van der Waals surface area contributed by atoms with Crippen molar-refractivity contribution in [3.8, 4) is 11.5 Å². The third kappa shape index (κ3) is 4.22. The number of carbonyl (C=O) groups is 4. The van der Waals surface area contributed by atoms with Crippen LogP contribution in [0.25, 0.3) is 0 Å². The van der Waals surface area contributed by atoms with Crippen molar-refractivity contribution in [3.05, 3.63) is 62.9 Å². The summed E-state index contributed by atoms with van der Waals surface area (Å²) in [4.78, 5) is 51.4. The Morgan fingerprint density at radius 1 is 0.915 bits per heavy atom. The number of methoxy groups -OCH3 is 1. The summed E-state index contributed by atoms with van der Waals surface area (Å²) in [6, 6.07) is 2.68. The van der Waals surface area contributed by atoms with Crippen LogP contribution in [0.3, 0.4) is 0 Å². The smallest absolute Gasteiger partial charge is 0.258 e. The van der Waals surface area contributed by atoms with Gasteiger partial charge in [-0.25, -0.2) is 26.9 Å². The molecule has 0 bridgehead atoms. The van der Waals surface area contributed by atoms with E-state index < -0.39 is 110 Å². The molecule has 2 aromatic carbocycles. The Hall–Kier alpha value is -3.23. The average Bonchev–Trinajstić information content (AvgIpc) is 3.35. The molecule has 47 heavy (non-hydrogen) atoms. The van der Waals surface area contributed by atoms with Crippen molar-refractivity contribution >= 4 is 68.4 Å². The van der Waals surface area contributed by atoms with Crippen molar-refractivity contribution in [2.24, 2.45) is 17.8 Å². The van der Waals surface area contributed by atoms with E-state index in [1.165, 1.54) is 19.2 Å². The van der Waals surface area contributed by atoms with E-state index in [2.05, 4.69) is 15.9 Å². The fourth-order valence-corrected chi connectivity index (χ4v) is 8.92. The van der Waals surface area contributed by atoms with Crippen molar-refractivity contribution in [1.82, 2.24) is 4.90 Å². The summed E-state index contributed by atoms with van der Waals surface area (Å²) < 4.78 is 78.6. The van der Waals surface area contributed by atoms with Gasteiger partial charge in [-0.1, -0.05) is 27.6 Å². The number of likely N-dealkylation sites (tertiary alicyclic amines) is 1. The zero-order valence-electron chi connectivity index (χ0n) is 24.9. The topological polar surface area (TPSA) is 104 Å². The second kappa shape index (κ2) is 10.6. The van der Waals surface area contributed by atoms with Gasteiger partial charge in [0, 0.05) is 21.5 Å². The number of benzene rings is 2. The van der Waals surface area contributed by atoms with Crippen LogP contribution < -0.4 is 9.64 Å². The number of ether oxygens (including phenoxy) is 1. The zero-order valence-corrected chi connectivity index (χ0v) is 28.0. The van der Waals surface area contributed by atoms with Gasteiger partial charge in [-0.05, 0) is 51.7 Å². The van der Waals surface area contributed by atoms with E-state index in [1.807, 2.05) is 0 Å². The van der Waals surface area contributed by atoms with Crippen LogP contribution in [0.4, 0.5) is 27.6 Å². The molecule has 8 nitrogen and oxygen atoms in total. The molecule has 6 atom stereocenters. The molecule has 6 unspecified atom stereocenters. The standard InChI is InChI=1S/C31H24BrCl2F5N2O6/c1-29(2,3)41-25(43)12-6-5-11-14(16(12)26(41)44)9-30(33)27(45)40(23-21(38)19(36)18(35)20(37)22(23)39)28(46)31(30,34)17(11)13-7-10(32)8-15(47-4)24(13)42/h5,7-8,12,14,16-17,42H,6,9H2,1-4H3. The quantitative estimate of drug-likeness (QED) is 0.0995. The Kier molecular flexibility index (Phi) is 7.62. The number of amides is 4. The molecule has 1 N–H and O–H groups in total. The van der Waals surface area contributed by atoms with Crippen molar-refractivity contribution in [1.29, 1.82) is 0 Å². The first kappa shape index (κ1) is 33.7. The second-order valence-corrected chi connectivity index (χ2v) is 15.1. The molecule has 2 aliphatic carbocycles. The number of anilines is 1. The number of hydrogen-bond acceptors (Lipinski definition) is 6. The van der Waals surface area contributed by atoms with Crippen LogP contribution in [-0.4, -0.2) is 56.0 Å². The molecule has 4 amide bonds. The molecule has 4 aliphatic rings. The van der Waals surface area contributed by atoms with Gasteiger partial charge in [0.25, 0.3) is 11.8 Å². The van der Waals surface area contributed by atoms with E-state index in [0.29, 0.717) is 0 Å². The number of alkyl halides is 2. The van der Waals surface area contributed by atoms with Crippen LogP contribution in [-0.2, 0) is 19.2 Å². The minimum atomic E-state index is -2.78. The number of rotatable bonds is 3. The number of fused-ring (bicyclic) bond motifs is 4. The predicted molar refractivity (Wildman–Crippen MR) is 160 cm³/mol. The summed E-state index contributed by atoms with van der Waals surface area (Å²) in [6.07, 6.45) is 0.864. The molecule has 1 saturated carbocycles. The zero-order chi connectivity index (χ0) is 34.9. The number of phenolic OH excluding ortho intramolecular Hbond substituents is 1. The molecule has 2 saturated heterocycles. The lowest BCUT2D eigenvalue weighted by atomic mass is 9.56. The Bertz CT molecular complexity index is 1840. The average molecular weight is 766 g/mol. The highest BCUT2D eigenvalue weighted by molar-refractivity contribution is 9.10. The molecule has 0 aromatic heterocycles. The lowest BCUT2D eigenvalue weighted by Crippen LogP contribution is -2.60. The van der Waals surface area contributed by atoms with Crippen molar-refractivity contribution in [2.75, 3.05) is 12.0 Å². The first-order valence-electron chi connectivity index (χ1n) is 14.2. The number of halogens is 8. The molecule has 3 fully saturated rings. The molecule has 250 valence electrons. The highest BCUT2D eigenvalue weighted by Gasteiger charge is 2.77. The van der Waals surface area contributed by atoms with E-state index in [-0.39, 0.29) is 32.7 Å². The van der Waals surface area contributed by atoms with E-state index >= 15 is 8.78 Å². The lowest BCUT2D eigenvalue weighted by Gasteiger charge is -2.50. The van der Waals surface area contributed by atoms with Gasteiger partial charge in [-0.3, -0.25) is 24.1 Å². The third-order valence-corrected chi connectivity index (χ3v) is 11.4. The monoisotopic (exact) mass is 764 g/mol. The number of imide groups is 2. The minimum absolute atomic E-state index is 0.0260. The summed E-state index contributed by atoms with van der Waals surface area (Å²) in [7, 11) is 1.22. The number of carbonyl (C=O) groups excluding carboxylic acids is 4. The first-order valence-corrected chi connectivity index (χ1v) is 15.7. The summed E-state index contributed by atoms with van der Waals surface area (Å²) in [5.74, 6) is -22.2. The fourth-order valence-electron chi connectivity index (χ4n) is 7.54. The molecule has 6 rings (SSSR count). The maximum absolute atomic E-state index is 15.2.